The fourth-order valence-electron chi connectivity index (χ4n) is 2.05. The number of carboxylic acids is 1. The van der Waals surface area contributed by atoms with E-state index in [1.807, 2.05) is 6.07 Å². The average molecular weight is 305 g/mol. The van der Waals surface area contributed by atoms with Gasteiger partial charge in [0.1, 0.15) is 12.6 Å². The van der Waals surface area contributed by atoms with Crippen molar-refractivity contribution >= 4 is 29.5 Å². The Morgan fingerprint density at radius 2 is 2.00 bits per heavy atom. The van der Waals surface area contributed by atoms with Crippen molar-refractivity contribution in [1.29, 1.82) is 0 Å². The molecule has 1 aliphatic heterocycles. The number of benzene rings is 1. The SMILES string of the molecule is Cc1ccccc1NC(=O)N1C(=O)C[C@H]1C(=O)NCC(=O)O. The molecular formula is C14H15N3O5. The summed E-state index contributed by atoms with van der Waals surface area (Å²) in [6.07, 6.45) is -0.118. The molecule has 0 aliphatic carbocycles. The predicted molar refractivity (Wildman–Crippen MR) is 76.1 cm³/mol. The molecule has 4 amide bonds. The van der Waals surface area contributed by atoms with E-state index in [-0.39, 0.29) is 6.42 Å². The molecule has 0 unspecified atom stereocenters. The summed E-state index contributed by atoms with van der Waals surface area (Å²) in [6, 6.07) is 5.33. The highest BCUT2D eigenvalue weighted by molar-refractivity contribution is 6.11. The van der Waals surface area contributed by atoms with Crippen LogP contribution in [-0.4, -0.2) is 46.4 Å². The van der Waals surface area contributed by atoms with Crippen LogP contribution in [0.15, 0.2) is 24.3 Å². The molecule has 0 aromatic heterocycles. The van der Waals surface area contributed by atoms with E-state index in [2.05, 4.69) is 10.6 Å². The number of aliphatic carboxylic acids is 1. The van der Waals surface area contributed by atoms with Crippen molar-refractivity contribution in [3.8, 4) is 0 Å². The molecule has 0 spiro atoms. The average Bonchev–Trinajstić information content (AvgIpc) is 2.44. The van der Waals surface area contributed by atoms with Crippen LogP contribution < -0.4 is 10.6 Å². The Labute approximate surface area is 126 Å². The Kier molecular flexibility index (Phi) is 4.40. The Bertz CT molecular complexity index is 643. The number of imide groups is 1. The summed E-state index contributed by atoms with van der Waals surface area (Å²) in [5.74, 6) is -2.35. The predicted octanol–water partition coefficient (Wildman–Crippen LogP) is 0.329. The number of hydrogen-bond donors (Lipinski definition) is 3. The van der Waals surface area contributed by atoms with E-state index < -0.39 is 36.4 Å². The Balaban J connectivity index is 2.01. The number of aryl methyl sites for hydroxylation is 1. The molecule has 1 aliphatic rings. The van der Waals surface area contributed by atoms with Crippen molar-refractivity contribution in [2.45, 2.75) is 19.4 Å². The Morgan fingerprint density at radius 1 is 1.32 bits per heavy atom. The number of carboxylic acid groups (broad SMARTS) is 1. The molecular weight excluding hydrogens is 290 g/mol. The number of urea groups is 1. The van der Waals surface area contributed by atoms with Crippen LogP contribution in [0.3, 0.4) is 0 Å². The number of para-hydroxylation sites is 1. The maximum absolute atomic E-state index is 12.1. The summed E-state index contributed by atoms with van der Waals surface area (Å²) in [4.78, 5) is 46.6. The van der Waals surface area contributed by atoms with Crippen molar-refractivity contribution in [2.24, 2.45) is 0 Å². The highest BCUT2D eigenvalue weighted by Gasteiger charge is 2.45. The lowest BCUT2D eigenvalue weighted by atomic mass is 10.0. The van der Waals surface area contributed by atoms with Gasteiger partial charge in [-0.1, -0.05) is 18.2 Å². The molecule has 8 heteroatoms. The zero-order chi connectivity index (χ0) is 16.3. The number of amides is 4. The van der Waals surface area contributed by atoms with Gasteiger partial charge in [-0.05, 0) is 18.6 Å². The van der Waals surface area contributed by atoms with Crippen LogP contribution in [0.4, 0.5) is 10.5 Å². The molecule has 1 heterocycles. The fraction of sp³-hybridized carbons (Fsp3) is 0.286. The van der Waals surface area contributed by atoms with E-state index in [0.717, 1.165) is 10.5 Å². The summed E-state index contributed by atoms with van der Waals surface area (Å²) in [5.41, 5.74) is 1.35. The number of β-lactam (4-membered cyclic amide) rings is 1. The van der Waals surface area contributed by atoms with Gasteiger partial charge in [-0.3, -0.25) is 19.3 Å². The maximum Gasteiger partial charge on any atom is 0.329 e. The molecule has 1 fully saturated rings. The van der Waals surface area contributed by atoms with Gasteiger partial charge in [-0.2, -0.15) is 0 Å². The third-order valence-electron chi connectivity index (χ3n) is 3.27. The molecule has 2 rings (SSSR count). The smallest absolute Gasteiger partial charge is 0.329 e. The Morgan fingerprint density at radius 3 is 2.59 bits per heavy atom. The normalized spacial score (nSPS) is 16.7. The second-order valence-electron chi connectivity index (χ2n) is 4.84. The van der Waals surface area contributed by atoms with Crippen molar-refractivity contribution in [1.82, 2.24) is 10.2 Å². The minimum Gasteiger partial charge on any atom is -0.480 e. The summed E-state index contributed by atoms with van der Waals surface area (Å²) in [5, 5.41) is 13.2. The summed E-state index contributed by atoms with van der Waals surface area (Å²) in [7, 11) is 0. The molecule has 1 atom stereocenters. The molecule has 3 N–H and O–H groups in total. The number of carbonyl (C=O) groups excluding carboxylic acids is 3. The highest BCUT2D eigenvalue weighted by Crippen LogP contribution is 2.22. The van der Waals surface area contributed by atoms with Gasteiger partial charge in [0.15, 0.2) is 0 Å². The molecule has 0 saturated carbocycles. The van der Waals surface area contributed by atoms with Crippen molar-refractivity contribution in [3.63, 3.8) is 0 Å². The number of carbonyl (C=O) groups is 4. The van der Waals surface area contributed by atoms with E-state index in [1.165, 1.54) is 0 Å². The standard InChI is InChI=1S/C14H15N3O5/c1-8-4-2-3-5-9(8)16-14(22)17-10(6-11(17)18)13(21)15-7-12(19)20/h2-5,10H,6-7H2,1H3,(H,15,21)(H,16,22)(H,19,20)/t10-/m0/s1. The lowest BCUT2D eigenvalue weighted by molar-refractivity contribution is -0.149. The van der Waals surface area contributed by atoms with Crippen molar-refractivity contribution in [3.05, 3.63) is 29.8 Å². The summed E-state index contributed by atoms with van der Waals surface area (Å²) < 4.78 is 0. The highest BCUT2D eigenvalue weighted by atomic mass is 16.4. The third-order valence-corrected chi connectivity index (χ3v) is 3.27. The summed E-state index contributed by atoms with van der Waals surface area (Å²) >= 11 is 0. The molecule has 8 nitrogen and oxygen atoms in total. The lowest BCUT2D eigenvalue weighted by Gasteiger charge is -2.37. The van der Waals surface area contributed by atoms with Crippen LogP contribution in [0.5, 0.6) is 0 Å². The van der Waals surface area contributed by atoms with Crippen LogP contribution in [0.25, 0.3) is 0 Å². The van der Waals surface area contributed by atoms with Crippen molar-refractivity contribution < 1.29 is 24.3 Å². The van der Waals surface area contributed by atoms with E-state index in [1.54, 1.807) is 25.1 Å². The molecule has 0 radical (unpaired) electrons. The van der Waals surface area contributed by atoms with Gasteiger partial charge in [-0.25, -0.2) is 4.79 Å². The third kappa shape index (κ3) is 3.22. The first-order chi connectivity index (χ1) is 10.4. The van der Waals surface area contributed by atoms with Gasteiger partial charge in [0.2, 0.25) is 11.8 Å². The first kappa shape index (κ1) is 15.5. The van der Waals surface area contributed by atoms with Gasteiger partial charge in [-0.15, -0.1) is 0 Å². The largest absolute Gasteiger partial charge is 0.480 e. The van der Waals surface area contributed by atoms with Crippen LogP contribution in [0, 0.1) is 6.92 Å². The molecule has 1 aromatic rings. The minimum atomic E-state index is -1.20. The fourth-order valence-corrected chi connectivity index (χ4v) is 2.05. The number of nitrogens with zero attached hydrogens (tertiary/aromatic N) is 1. The second kappa shape index (κ2) is 6.25. The monoisotopic (exact) mass is 305 g/mol. The van der Waals surface area contributed by atoms with E-state index in [4.69, 9.17) is 5.11 Å². The topological polar surface area (TPSA) is 116 Å². The molecule has 1 aromatic carbocycles. The van der Waals surface area contributed by atoms with E-state index in [9.17, 15) is 19.2 Å². The summed E-state index contributed by atoms with van der Waals surface area (Å²) in [6.45, 7) is 1.24. The zero-order valence-corrected chi connectivity index (χ0v) is 11.8. The van der Waals surface area contributed by atoms with Crippen LogP contribution in [0.1, 0.15) is 12.0 Å². The maximum atomic E-state index is 12.1. The molecule has 0 bridgehead atoms. The van der Waals surface area contributed by atoms with Crippen LogP contribution in [-0.2, 0) is 14.4 Å². The second-order valence-corrected chi connectivity index (χ2v) is 4.84. The molecule has 116 valence electrons. The number of anilines is 1. The molecule has 22 heavy (non-hydrogen) atoms. The van der Waals surface area contributed by atoms with E-state index in [0.29, 0.717) is 5.69 Å². The number of hydrogen-bond acceptors (Lipinski definition) is 4. The quantitative estimate of drug-likeness (QED) is 0.693. The van der Waals surface area contributed by atoms with Gasteiger partial charge < -0.3 is 15.7 Å². The van der Waals surface area contributed by atoms with Crippen LogP contribution in [0.2, 0.25) is 0 Å². The Hall–Kier alpha value is -2.90. The van der Waals surface area contributed by atoms with Gasteiger partial charge in [0.25, 0.3) is 0 Å². The first-order valence-corrected chi connectivity index (χ1v) is 6.58. The zero-order valence-electron chi connectivity index (χ0n) is 11.8. The van der Waals surface area contributed by atoms with Gasteiger partial charge in [0, 0.05) is 5.69 Å². The minimum absolute atomic E-state index is 0.118. The van der Waals surface area contributed by atoms with Crippen LogP contribution >= 0.6 is 0 Å². The number of rotatable bonds is 4. The lowest BCUT2D eigenvalue weighted by Crippen LogP contribution is -2.63. The van der Waals surface area contributed by atoms with Gasteiger partial charge in [0.05, 0.1) is 6.42 Å². The van der Waals surface area contributed by atoms with Crippen molar-refractivity contribution in [2.75, 3.05) is 11.9 Å². The van der Waals surface area contributed by atoms with E-state index >= 15 is 0 Å². The van der Waals surface area contributed by atoms with Gasteiger partial charge >= 0.3 is 12.0 Å². The number of nitrogens with one attached hydrogen (secondary N) is 2. The first-order valence-electron chi connectivity index (χ1n) is 6.58. The molecule has 1 saturated heterocycles. The number of likely N-dealkylation sites (tertiary alicyclic amines) is 1.